The van der Waals surface area contributed by atoms with Gasteiger partial charge in [0.05, 0.1) is 30.4 Å². The molecule has 1 unspecified atom stereocenters. The highest BCUT2D eigenvalue weighted by molar-refractivity contribution is 9.11. The molecule has 0 aromatic heterocycles. The fourth-order valence-corrected chi connectivity index (χ4v) is 5.07. The maximum atomic E-state index is 12.8. The van der Waals surface area contributed by atoms with E-state index in [9.17, 15) is 24.9 Å². The number of rotatable bonds is 3. The number of ether oxygens (including phenoxy) is 3. The lowest BCUT2D eigenvalue weighted by Gasteiger charge is -2.36. The minimum absolute atomic E-state index is 0.0568. The Balaban J connectivity index is 2.01. The summed E-state index contributed by atoms with van der Waals surface area (Å²) < 4.78 is 16.2. The van der Waals surface area contributed by atoms with Crippen molar-refractivity contribution in [3.05, 3.63) is 44.5 Å². The zero-order chi connectivity index (χ0) is 20.8. The Morgan fingerprint density at radius 2 is 1.79 bits per heavy atom. The molecule has 1 aromatic carbocycles. The topological polar surface area (TPSA) is 123 Å². The SMILES string of the molecule is COC(=O)C1=COC(O)[C@H]2[C@@H]1[C@H](OC(=O)c1c(Br)cccc1Br)[C@H](O)[C@]2(C)O. The van der Waals surface area contributed by atoms with Crippen LogP contribution >= 0.6 is 31.9 Å². The summed E-state index contributed by atoms with van der Waals surface area (Å²) in [5.74, 6) is -3.73. The van der Waals surface area contributed by atoms with Crippen LogP contribution in [0, 0.1) is 11.8 Å². The maximum Gasteiger partial charge on any atom is 0.340 e. The molecule has 3 rings (SSSR count). The molecule has 1 aromatic rings. The molecule has 1 heterocycles. The summed E-state index contributed by atoms with van der Waals surface area (Å²) in [7, 11) is 1.16. The van der Waals surface area contributed by atoms with Crippen LogP contribution < -0.4 is 0 Å². The number of aliphatic hydroxyl groups excluding tert-OH is 2. The zero-order valence-electron chi connectivity index (χ0n) is 14.8. The molecule has 2 aliphatic rings. The van der Waals surface area contributed by atoms with Gasteiger partial charge in [-0.3, -0.25) is 0 Å². The minimum Gasteiger partial charge on any atom is -0.472 e. The second kappa shape index (κ2) is 7.75. The van der Waals surface area contributed by atoms with Gasteiger partial charge in [-0.05, 0) is 50.9 Å². The van der Waals surface area contributed by atoms with E-state index >= 15 is 0 Å². The lowest BCUT2D eigenvalue weighted by molar-refractivity contribution is -0.179. The van der Waals surface area contributed by atoms with Gasteiger partial charge in [-0.25, -0.2) is 9.59 Å². The van der Waals surface area contributed by atoms with Crippen molar-refractivity contribution in [2.45, 2.75) is 31.0 Å². The molecular weight excluding hydrogens is 504 g/mol. The quantitative estimate of drug-likeness (QED) is 0.511. The third-order valence-electron chi connectivity index (χ3n) is 5.16. The van der Waals surface area contributed by atoms with E-state index in [0.717, 1.165) is 13.4 Å². The molecule has 8 nitrogen and oxygen atoms in total. The molecule has 1 saturated carbocycles. The molecular formula is C18H18Br2O8. The molecule has 0 bridgehead atoms. The van der Waals surface area contributed by atoms with E-state index < -0.39 is 47.9 Å². The van der Waals surface area contributed by atoms with E-state index in [1.54, 1.807) is 18.2 Å². The molecule has 1 aliphatic heterocycles. The highest BCUT2D eigenvalue weighted by Crippen LogP contribution is 2.50. The van der Waals surface area contributed by atoms with Gasteiger partial charge in [0.25, 0.3) is 0 Å². The van der Waals surface area contributed by atoms with Crippen LogP contribution in [-0.4, -0.2) is 58.5 Å². The lowest BCUT2D eigenvalue weighted by atomic mass is 9.81. The van der Waals surface area contributed by atoms with Crippen LogP contribution in [0.2, 0.25) is 0 Å². The minimum atomic E-state index is -1.90. The van der Waals surface area contributed by atoms with Gasteiger partial charge in [0, 0.05) is 14.9 Å². The first-order chi connectivity index (χ1) is 13.1. The van der Waals surface area contributed by atoms with Crippen LogP contribution in [0.4, 0.5) is 0 Å². The highest BCUT2D eigenvalue weighted by atomic mass is 79.9. The summed E-state index contributed by atoms with van der Waals surface area (Å²) in [5.41, 5.74) is -1.78. The Hall–Kier alpha value is -1.46. The molecule has 28 heavy (non-hydrogen) atoms. The monoisotopic (exact) mass is 520 g/mol. The van der Waals surface area contributed by atoms with Crippen molar-refractivity contribution in [3.63, 3.8) is 0 Å². The average molecular weight is 522 g/mol. The second-order valence-corrected chi connectivity index (χ2v) is 8.49. The van der Waals surface area contributed by atoms with E-state index in [2.05, 4.69) is 31.9 Å². The number of aliphatic hydroxyl groups is 3. The number of benzene rings is 1. The number of carbonyl (C=O) groups is 2. The molecule has 0 spiro atoms. The van der Waals surface area contributed by atoms with Gasteiger partial charge in [-0.2, -0.15) is 0 Å². The molecule has 3 N–H and O–H groups in total. The van der Waals surface area contributed by atoms with Crippen LogP contribution in [0.5, 0.6) is 0 Å². The fourth-order valence-electron chi connectivity index (χ4n) is 3.75. The summed E-state index contributed by atoms with van der Waals surface area (Å²) in [4.78, 5) is 25.0. The van der Waals surface area contributed by atoms with Gasteiger partial charge in [0.15, 0.2) is 0 Å². The summed E-state index contributed by atoms with van der Waals surface area (Å²) in [5, 5.41) is 31.7. The number of fused-ring (bicyclic) bond motifs is 1. The van der Waals surface area contributed by atoms with Crippen LogP contribution in [0.25, 0.3) is 0 Å². The summed E-state index contributed by atoms with van der Waals surface area (Å²) in [6.45, 7) is 1.28. The number of hydrogen-bond donors (Lipinski definition) is 3. The number of methoxy groups -OCH3 is 1. The number of carbonyl (C=O) groups excluding carboxylic acids is 2. The van der Waals surface area contributed by atoms with Crippen molar-refractivity contribution in [2.75, 3.05) is 7.11 Å². The van der Waals surface area contributed by atoms with E-state index in [4.69, 9.17) is 14.2 Å². The fraction of sp³-hybridized carbons (Fsp3) is 0.444. The molecule has 0 saturated heterocycles. The van der Waals surface area contributed by atoms with Gasteiger partial charge in [-0.1, -0.05) is 6.07 Å². The van der Waals surface area contributed by atoms with Crippen molar-refractivity contribution < 1.29 is 39.1 Å². The van der Waals surface area contributed by atoms with E-state index in [1.165, 1.54) is 6.92 Å². The first-order valence-electron chi connectivity index (χ1n) is 8.28. The lowest BCUT2D eigenvalue weighted by Crippen LogP contribution is -2.48. The van der Waals surface area contributed by atoms with Crippen LogP contribution in [0.15, 0.2) is 39.0 Å². The molecule has 1 fully saturated rings. The second-order valence-electron chi connectivity index (χ2n) is 6.78. The van der Waals surface area contributed by atoms with E-state index in [-0.39, 0.29) is 11.1 Å². The number of esters is 2. The van der Waals surface area contributed by atoms with Gasteiger partial charge in [0.1, 0.15) is 17.8 Å². The van der Waals surface area contributed by atoms with Gasteiger partial charge in [-0.15, -0.1) is 0 Å². The van der Waals surface area contributed by atoms with Crippen molar-refractivity contribution >= 4 is 43.8 Å². The Bertz CT molecular complexity index is 817. The molecule has 0 amide bonds. The van der Waals surface area contributed by atoms with Crippen molar-refractivity contribution in [3.8, 4) is 0 Å². The van der Waals surface area contributed by atoms with Crippen molar-refractivity contribution in [1.29, 1.82) is 0 Å². The van der Waals surface area contributed by atoms with Crippen molar-refractivity contribution in [1.82, 2.24) is 0 Å². The normalized spacial score (nSPS) is 34.1. The Kier molecular flexibility index (Phi) is 5.88. The first kappa shape index (κ1) is 21.3. The summed E-state index contributed by atoms with van der Waals surface area (Å²) in [6, 6.07) is 5.00. The molecule has 6 atom stereocenters. The van der Waals surface area contributed by atoms with E-state index in [0.29, 0.717) is 8.95 Å². The third-order valence-corrected chi connectivity index (χ3v) is 6.48. The first-order valence-corrected chi connectivity index (χ1v) is 9.87. The summed E-state index contributed by atoms with van der Waals surface area (Å²) in [6.07, 6.45) is -3.42. The number of hydrogen-bond acceptors (Lipinski definition) is 8. The van der Waals surface area contributed by atoms with Gasteiger partial charge in [0.2, 0.25) is 6.29 Å². The predicted molar refractivity (Wildman–Crippen MR) is 102 cm³/mol. The molecule has 10 heteroatoms. The maximum absolute atomic E-state index is 12.8. The zero-order valence-corrected chi connectivity index (χ0v) is 18.0. The predicted octanol–water partition coefficient (Wildman–Crippen LogP) is 1.50. The van der Waals surface area contributed by atoms with Crippen LogP contribution in [0.1, 0.15) is 17.3 Å². The molecule has 152 valence electrons. The third kappa shape index (κ3) is 3.37. The highest BCUT2D eigenvalue weighted by Gasteiger charge is 2.64. The standard InChI is InChI=1S/C18H18Br2O8/c1-18(25)12-10(7(15(22)26-2)6-27-17(12)24)13(14(18)21)28-16(23)11-8(19)4-3-5-9(11)20/h3-6,10,12-14,17,21,24-25H,1-2H3/t10-,12-,13+,14+,17?,18-/m1/s1. The van der Waals surface area contributed by atoms with Crippen LogP contribution in [-0.2, 0) is 19.0 Å². The van der Waals surface area contributed by atoms with Crippen molar-refractivity contribution in [2.24, 2.45) is 11.8 Å². The average Bonchev–Trinajstić information content (AvgIpc) is 2.83. The molecule has 1 aliphatic carbocycles. The Morgan fingerprint density at radius 3 is 2.36 bits per heavy atom. The van der Waals surface area contributed by atoms with Gasteiger partial charge >= 0.3 is 11.9 Å². The van der Waals surface area contributed by atoms with Gasteiger partial charge < -0.3 is 29.5 Å². The largest absolute Gasteiger partial charge is 0.472 e. The Labute approximate surface area is 177 Å². The molecule has 0 radical (unpaired) electrons. The Morgan fingerprint density at radius 1 is 1.18 bits per heavy atom. The van der Waals surface area contributed by atoms with E-state index in [1.807, 2.05) is 0 Å². The number of halogens is 2. The van der Waals surface area contributed by atoms with Crippen LogP contribution in [0.3, 0.4) is 0 Å². The smallest absolute Gasteiger partial charge is 0.340 e. The summed E-state index contributed by atoms with van der Waals surface area (Å²) >= 11 is 6.54.